The molecule has 0 fully saturated rings. The van der Waals surface area contributed by atoms with Gasteiger partial charge in [-0.1, -0.05) is 0 Å². The van der Waals surface area contributed by atoms with Gasteiger partial charge in [0.2, 0.25) is 0 Å². The molecule has 8 heavy (non-hydrogen) atoms. The molecule has 0 aliphatic heterocycles. The molecule has 0 atom stereocenters. The molecule has 1 radical (unpaired) electrons. The minimum absolute atomic E-state index is 0.0533. The third kappa shape index (κ3) is 6.21. The maximum Gasteiger partial charge on any atom is 0.0844 e. The molecule has 0 aliphatic carbocycles. The van der Waals surface area contributed by atoms with Gasteiger partial charge in [0.1, 0.15) is 0 Å². The third-order valence-corrected chi connectivity index (χ3v) is 0.809. The van der Waals surface area contributed by atoms with E-state index in [1.54, 1.807) is 0 Å². The van der Waals surface area contributed by atoms with Crippen LogP contribution in [-0.2, 0) is 9.84 Å². The molecule has 0 bridgehead atoms. The Morgan fingerprint density at radius 1 is 1.38 bits per heavy atom. The highest BCUT2D eigenvalue weighted by Crippen LogP contribution is 1.82. The van der Waals surface area contributed by atoms with Crippen molar-refractivity contribution < 1.29 is 9.84 Å². The van der Waals surface area contributed by atoms with Crippen molar-refractivity contribution in [1.29, 1.82) is 0 Å². The van der Waals surface area contributed by atoms with Crippen LogP contribution in [0.4, 0.5) is 0 Å². The number of hydrogen-bond acceptors (Lipinski definition) is 1. The van der Waals surface area contributed by atoms with Gasteiger partial charge >= 0.3 is 0 Å². The molecule has 0 saturated carbocycles. The molecular weight excluding hydrogens is 128 g/mol. The molecule has 0 saturated heterocycles. The van der Waals surface area contributed by atoms with E-state index in [0.29, 0.717) is 25.5 Å². The van der Waals surface area contributed by atoms with Crippen LogP contribution in [0.25, 0.3) is 0 Å². The summed E-state index contributed by atoms with van der Waals surface area (Å²) in [7, 11) is 0. The van der Waals surface area contributed by atoms with Crippen molar-refractivity contribution in [3.05, 3.63) is 0 Å². The summed E-state index contributed by atoms with van der Waals surface area (Å²) in [6, 6.07) is 0. The smallest absolute Gasteiger partial charge is 0.0844 e. The minimum atomic E-state index is -0.0533. The number of alkyl halides is 1. The molecule has 0 unspecified atom stereocenters. The summed E-state index contributed by atoms with van der Waals surface area (Å²) >= 11 is 5.28. The lowest BCUT2D eigenvalue weighted by Crippen LogP contribution is -1.98. The Kier molecular flexibility index (Phi) is 7.40. The van der Waals surface area contributed by atoms with Gasteiger partial charge in [0.25, 0.3) is 0 Å². The Morgan fingerprint density at radius 2 is 2.12 bits per heavy atom. The normalized spacial score (nSPS) is 9.75. The monoisotopic (exact) mass is 137 g/mol. The third-order valence-electron chi connectivity index (χ3n) is 0.655. The molecule has 49 valence electrons. The fourth-order valence-electron chi connectivity index (χ4n) is 0.318. The number of halogens is 1. The predicted molar refractivity (Wildman–Crippen MR) is 31.7 cm³/mol. The molecule has 0 rings (SSSR count). The van der Waals surface area contributed by atoms with E-state index in [1.807, 2.05) is 0 Å². The van der Waals surface area contributed by atoms with Crippen LogP contribution in [0.3, 0.4) is 0 Å². The molecule has 0 spiro atoms. The zero-order valence-electron chi connectivity index (χ0n) is 4.73. The van der Waals surface area contributed by atoms with Crippen molar-refractivity contribution in [2.24, 2.45) is 0 Å². The number of ether oxygens (including phenoxy) is 1. The van der Waals surface area contributed by atoms with Crippen molar-refractivity contribution >= 4 is 11.6 Å². The zero-order chi connectivity index (χ0) is 6.24. The first kappa shape index (κ1) is 8.21. The van der Waals surface area contributed by atoms with Gasteiger partial charge in [0.15, 0.2) is 0 Å². The van der Waals surface area contributed by atoms with Crippen LogP contribution in [0.2, 0.25) is 0 Å². The van der Waals surface area contributed by atoms with Crippen molar-refractivity contribution in [3.63, 3.8) is 0 Å². The van der Waals surface area contributed by atoms with E-state index in [-0.39, 0.29) is 6.61 Å². The molecule has 0 amide bonds. The molecule has 0 aromatic carbocycles. The lowest BCUT2D eigenvalue weighted by atomic mass is 10.5. The van der Waals surface area contributed by atoms with Crippen LogP contribution in [0.15, 0.2) is 0 Å². The Bertz CT molecular complexity index is 35.4. The van der Waals surface area contributed by atoms with E-state index in [4.69, 9.17) is 16.3 Å². The first-order valence-corrected chi connectivity index (χ1v) is 3.17. The summed E-state index contributed by atoms with van der Waals surface area (Å²) in [5.74, 6) is 0.513. The maximum absolute atomic E-state index is 9.78. The second-order valence-electron chi connectivity index (χ2n) is 1.36. The van der Waals surface area contributed by atoms with Crippen molar-refractivity contribution in [2.45, 2.75) is 6.42 Å². The Morgan fingerprint density at radius 3 is 2.62 bits per heavy atom. The molecule has 0 heterocycles. The lowest BCUT2D eigenvalue weighted by Gasteiger charge is -1.95. The molecule has 0 aromatic rings. The average Bonchev–Trinajstić information content (AvgIpc) is 1.81. The summed E-state index contributed by atoms with van der Waals surface area (Å²) in [5, 5.41) is 9.78. The summed E-state index contributed by atoms with van der Waals surface area (Å²) < 4.78 is 4.89. The standard InChI is InChI=1S/C5H10ClO2/c6-2-5-8-4-1-3-7/h1-5H2. The van der Waals surface area contributed by atoms with Crippen LogP contribution in [0.1, 0.15) is 6.42 Å². The van der Waals surface area contributed by atoms with Crippen LogP contribution in [0, 0.1) is 0 Å². The van der Waals surface area contributed by atoms with E-state index in [9.17, 15) is 5.11 Å². The van der Waals surface area contributed by atoms with Gasteiger partial charge in [-0.05, 0) is 6.42 Å². The Hall–Kier alpha value is 0.210. The van der Waals surface area contributed by atoms with E-state index < -0.39 is 0 Å². The van der Waals surface area contributed by atoms with Crippen molar-refractivity contribution in [1.82, 2.24) is 0 Å². The number of rotatable bonds is 5. The summed E-state index contributed by atoms with van der Waals surface area (Å²) in [6.07, 6.45) is 0.594. The van der Waals surface area contributed by atoms with Crippen LogP contribution < -0.4 is 0 Å². The highest BCUT2D eigenvalue weighted by atomic mass is 35.5. The molecular formula is C5H10ClO2. The minimum Gasteiger partial charge on any atom is -0.380 e. The van der Waals surface area contributed by atoms with Gasteiger partial charge in [0, 0.05) is 12.5 Å². The first-order chi connectivity index (χ1) is 3.91. The van der Waals surface area contributed by atoms with Gasteiger partial charge in [-0.3, -0.25) is 0 Å². The predicted octanol–water partition coefficient (Wildman–Crippen LogP) is 1.06. The van der Waals surface area contributed by atoms with Crippen LogP contribution >= 0.6 is 11.6 Å². The van der Waals surface area contributed by atoms with E-state index in [0.717, 1.165) is 0 Å². The van der Waals surface area contributed by atoms with Gasteiger partial charge in [-0.2, -0.15) is 0 Å². The summed E-state index contributed by atoms with van der Waals surface area (Å²) in [5.41, 5.74) is 0. The topological polar surface area (TPSA) is 29.1 Å². The quantitative estimate of drug-likeness (QED) is 0.412. The number of hydrogen-bond donors (Lipinski definition) is 0. The fourth-order valence-corrected chi connectivity index (χ4v) is 0.427. The first-order valence-electron chi connectivity index (χ1n) is 2.63. The lowest BCUT2D eigenvalue weighted by molar-refractivity contribution is 0.108. The van der Waals surface area contributed by atoms with Crippen LogP contribution in [-0.4, -0.2) is 25.7 Å². The SMILES string of the molecule is [O]CCCOCCCl. The van der Waals surface area contributed by atoms with Gasteiger partial charge in [-0.15, -0.1) is 11.6 Å². The molecule has 3 heteroatoms. The maximum atomic E-state index is 9.78. The van der Waals surface area contributed by atoms with Gasteiger partial charge < -0.3 is 4.74 Å². The zero-order valence-corrected chi connectivity index (χ0v) is 5.49. The molecule has 0 aromatic heterocycles. The van der Waals surface area contributed by atoms with Crippen molar-refractivity contribution in [2.75, 3.05) is 25.7 Å². The van der Waals surface area contributed by atoms with E-state index in [2.05, 4.69) is 0 Å². The van der Waals surface area contributed by atoms with E-state index >= 15 is 0 Å². The highest BCUT2D eigenvalue weighted by molar-refractivity contribution is 6.17. The van der Waals surface area contributed by atoms with Gasteiger partial charge in [0.05, 0.1) is 13.2 Å². The Labute approximate surface area is 54.4 Å². The average molecular weight is 138 g/mol. The highest BCUT2D eigenvalue weighted by Gasteiger charge is 1.84. The van der Waals surface area contributed by atoms with Crippen LogP contribution in [0.5, 0.6) is 0 Å². The summed E-state index contributed by atoms with van der Waals surface area (Å²) in [4.78, 5) is 0. The fraction of sp³-hybridized carbons (Fsp3) is 1.00. The molecule has 2 nitrogen and oxygen atoms in total. The van der Waals surface area contributed by atoms with Crippen molar-refractivity contribution in [3.8, 4) is 0 Å². The molecule has 0 N–H and O–H groups in total. The van der Waals surface area contributed by atoms with Gasteiger partial charge in [-0.25, -0.2) is 5.11 Å². The second-order valence-corrected chi connectivity index (χ2v) is 1.74. The molecule has 0 aliphatic rings. The van der Waals surface area contributed by atoms with E-state index in [1.165, 1.54) is 0 Å². The Balaban J connectivity index is 2.53. The summed E-state index contributed by atoms with van der Waals surface area (Å²) in [6.45, 7) is 1.06. The second kappa shape index (κ2) is 7.21. The largest absolute Gasteiger partial charge is 0.380 e.